The molecule has 1 saturated heterocycles. The van der Waals surface area contributed by atoms with Crippen LogP contribution < -0.4 is 20.3 Å². The number of amides is 2. The molecule has 1 fully saturated rings. The Labute approximate surface area is 183 Å². The second-order valence-corrected chi connectivity index (χ2v) is 7.28. The van der Waals surface area contributed by atoms with Crippen LogP contribution in [0.4, 0.5) is 29.5 Å². The fraction of sp³-hybridized carbons (Fsp3) is 0.500. The molecule has 1 aliphatic heterocycles. The van der Waals surface area contributed by atoms with Crippen LogP contribution >= 0.6 is 0 Å². The Morgan fingerprint density at radius 1 is 1.34 bits per heavy atom. The summed E-state index contributed by atoms with van der Waals surface area (Å²) in [6.45, 7) is 7.58. The van der Waals surface area contributed by atoms with Crippen LogP contribution in [0.25, 0.3) is 0 Å². The van der Waals surface area contributed by atoms with Gasteiger partial charge in [-0.05, 0) is 38.5 Å². The highest BCUT2D eigenvalue weighted by molar-refractivity contribution is 5.89. The Hall–Kier alpha value is -3.15. The molecule has 0 spiro atoms. The Kier molecular flexibility index (Phi) is 7.33. The number of carbonyl (C=O) groups excluding carboxylic acids is 1. The Balaban J connectivity index is 1.61. The number of alkyl halides is 3. The third-order valence-corrected chi connectivity index (χ3v) is 4.68. The summed E-state index contributed by atoms with van der Waals surface area (Å²) >= 11 is 0. The maximum absolute atomic E-state index is 13.2. The van der Waals surface area contributed by atoms with Gasteiger partial charge in [0.1, 0.15) is 5.56 Å². The second-order valence-electron chi connectivity index (χ2n) is 7.28. The van der Waals surface area contributed by atoms with Crippen molar-refractivity contribution in [1.82, 2.24) is 20.5 Å². The molecule has 2 N–H and O–H groups in total. The number of hydrogen-bond donors (Lipinski definition) is 2. The number of nitrogens with zero attached hydrogens (tertiary/aromatic N) is 4. The first-order valence-electron chi connectivity index (χ1n) is 10.1. The first-order chi connectivity index (χ1) is 15.2. The van der Waals surface area contributed by atoms with Gasteiger partial charge in [-0.25, -0.2) is 9.78 Å². The van der Waals surface area contributed by atoms with E-state index in [1.165, 1.54) is 0 Å². The summed E-state index contributed by atoms with van der Waals surface area (Å²) in [6, 6.07) is 1.89. The molecule has 0 saturated carbocycles. The summed E-state index contributed by atoms with van der Waals surface area (Å²) in [7, 11) is 0. The number of anilines is 2. The van der Waals surface area contributed by atoms with Gasteiger partial charge in [0.05, 0.1) is 43.4 Å². The molecular formula is C20H25F3N6O3. The van der Waals surface area contributed by atoms with E-state index in [4.69, 9.17) is 9.47 Å². The maximum atomic E-state index is 13.2. The van der Waals surface area contributed by atoms with E-state index in [1.807, 2.05) is 19.9 Å². The third-order valence-electron chi connectivity index (χ3n) is 4.68. The van der Waals surface area contributed by atoms with Crippen molar-refractivity contribution in [2.24, 2.45) is 0 Å². The minimum Gasteiger partial charge on any atom is -0.478 e. The van der Waals surface area contributed by atoms with Crippen LogP contribution in [0, 0.1) is 6.92 Å². The van der Waals surface area contributed by atoms with Gasteiger partial charge in [0, 0.05) is 13.1 Å². The maximum Gasteiger partial charge on any atom is 0.421 e. The molecule has 9 nitrogen and oxygen atoms in total. The number of pyridine rings is 1. The average molecular weight is 454 g/mol. The summed E-state index contributed by atoms with van der Waals surface area (Å²) in [5.41, 5.74) is 0.240. The molecule has 1 aliphatic rings. The van der Waals surface area contributed by atoms with Crippen molar-refractivity contribution < 1.29 is 27.4 Å². The predicted octanol–water partition coefficient (Wildman–Crippen LogP) is 3.14. The Morgan fingerprint density at radius 3 is 2.78 bits per heavy atom. The summed E-state index contributed by atoms with van der Waals surface area (Å²) in [5.74, 6) is 0.222. The number of hydrogen-bond acceptors (Lipinski definition) is 7. The van der Waals surface area contributed by atoms with E-state index in [-0.39, 0.29) is 24.9 Å². The molecule has 0 bridgehead atoms. The molecule has 1 unspecified atom stereocenters. The van der Waals surface area contributed by atoms with Crippen LogP contribution in [0.3, 0.4) is 0 Å². The van der Waals surface area contributed by atoms with Crippen LogP contribution in [0.5, 0.6) is 5.88 Å². The average Bonchev–Trinajstić information content (AvgIpc) is 2.73. The molecule has 1 atom stereocenters. The standard InChI is InChI=1S/C20H25F3N6O3/c1-4-31-18-16(20(21,22)23)8-14(9-24-18)26-19(30)25-10-15-7-12(2)17(28-27-15)29-5-6-32-13(3)11-29/h7-9,13H,4-6,10-11H2,1-3H3,(H2,25,26,30). The zero-order chi connectivity index (χ0) is 23.3. The zero-order valence-corrected chi connectivity index (χ0v) is 18.0. The van der Waals surface area contributed by atoms with Crippen LogP contribution in [-0.2, 0) is 17.5 Å². The van der Waals surface area contributed by atoms with Crippen molar-refractivity contribution in [2.75, 3.05) is 36.5 Å². The van der Waals surface area contributed by atoms with E-state index in [0.29, 0.717) is 18.8 Å². The predicted molar refractivity (Wildman–Crippen MR) is 111 cm³/mol. The highest BCUT2D eigenvalue weighted by Crippen LogP contribution is 2.36. The molecule has 174 valence electrons. The summed E-state index contributed by atoms with van der Waals surface area (Å²) < 4.78 is 50.1. The van der Waals surface area contributed by atoms with Gasteiger partial charge < -0.3 is 25.0 Å². The van der Waals surface area contributed by atoms with E-state index in [1.54, 1.807) is 6.92 Å². The molecule has 0 aromatic carbocycles. The van der Waals surface area contributed by atoms with Crippen LogP contribution in [0.1, 0.15) is 30.7 Å². The number of nitrogens with one attached hydrogen (secondary N) is 2. The van der Waals surface area contributed by atoms with Crippen LogP contribution in [0.2, 0.25) is 0 Å². The number of aromatic nitrogens is 3. The van der Waals surface area contributed by atoms with Gasteiger partial charge in [0.15, 0.2) is 5.82 Å². The minimum atomic E-state index is -4.67. The van der Waals surface area contributed by atoms with E-state index in [0.717, 1.165) is 30.2 Å². The lowest BCUT2D eigenvalue weighted by molar-refractivity contribution is -0.139. The van der Waals surface area contributed by atoms with Gasteiger partial charge in [0.25, 0.3) is 0 Å². The lowest BCUT2D eigenvalue weighted by atomic mass is 10.2. The first-order valence-corrected chi connectivity index (χ1v) is 10.1. The van der Waals surface area contributed by atoms with Crippen LogP contribution in [0.15, 0.2) is 18.3 Å². The lowest BCUT2D eigenvalue weighted by Gasteiger charge is -2.32. The quantitative estimate of drug-likeness (QED) is 0.692. The molecule has 32 heavy (non-hydrogen) atoms. The lowest BCUT2D eigenvalue weighted by Crippen LogP contribution is -2.42. The fourth-order valence-electron chi connectivity index (χ4n) is 3.27. The van der Waals surface area contributed by atoms with Gasteiger partial charge >= 0.3 is 12.2 Å². The molecular weight excluding hydrogens is 429 g/mol. The van der Waals surface area contributed by atoms with Crippen molar-refractivity contribution in [3.05, 3.63) is 35.2 Å². The normalized spacial score (nSPS) is 16.6. The zero-order valence-electron chi connectivity index (χ0n) is 18.0. The van der Waals surface area contributed by atoms with Gasteiger partial charge in [-0.15, -0.1) is 5.10 Å². The number of urea groups is 1. The summed E-state index contributed by atoms with van der Waals surface area (Å²) in [6.07, 6.45) is -3.47. The van der Waals surface area contributed by atoms with Crippen molar-refractivity contribution in [2.45, 2.75) is 39.6 Å². The monoisotopic (exact) mass is 454 g/mol. The molecule has 12 heteroatoms. The number of rotatable bonds is 6. The number of aryl methyl sites for hydroxylation is 1. The first kappa shape index (κ1) is 23.5. The summed E-state index contributed by atoms with van der Waals surface area (Å²) in [5, 5.41) is 13.3. The molecule has 3 heterocycles. The molecule has 3 rings (SSSR count). The van der Waals surface area contributed by atoms with Crippen molar-refractivity contribution >= 4 is 17.5 Å². The van der Waals surface area contributed by atoms with E-state index in [2.05, 4.69) is 30.7 Å². The molecule has 2 aromatic heterocycles. The van der Waals surface area contributed by atoms with E-state index in [9.17, 15) is 18.0 Å². The van der Waals surface area contributed by atoms with Gasteiger partial charge in [-0.1, -0.05) is 0 Å². The third kappa shape index (κ3) is 5.96. The second kappa shape index (κ2) is 9.98. The number of carbonyl (C=O) groups is 1. The van der Waals surface area contributed by atoms with Crippen molar-refractivity contribution in [3.8, 4) is 5.88 Å². The SMILES string of the molecule is CCOc1ncc(NC(=O)NCc2cc(C)c(N3CCOC(C)C3)nn2)cc1C(F)(F)F. The van der Waals surface area contributed by atoms with Gasteiger partial charge in [-0.2, -0.15) is 18.3 Å². The molecule has 2 aromatic rings. The Bertz CT molecular complexity index is 957. The Morgan fingerprint density at radius 2 is 2.12 bits per heavy atom. The highest BCUT2D eigenvalue weighted by Gasteiger charge is 2.36. The van der Waals surface area contributed by atoms with Crippen molar-refractivity contribution in [1.29, 1.82) is 0 Å². The summed E-state index contributed by atoms with van der Waals surface area (Å²) in [4.78, 5) is 17.9. The molecule has 2 amide bonds. The number of ether oxygens (including phenoxy) is 2. The van der Waals surface area contributed by atoms with Gasteiger partial charge in [-0.3, -0.25) is 0 Å². The molecule has 0 aliphatic carbocycles. The highest BCUT2D eigenvalue weighted by atomic mass is 19.4. The van der Waals surface area contributed by atoms with E-state index < -0.39 is 23.7 Å². The van der Waals surface area contributed by atoms with Crippen molar-refractivity contribution in [3.63, 3.8) is 0 Å². The van der Waals surface area contributed by atoms with Gasteiger partial charge in [0.2, 0.25) is 5.88 Å². The minimum absolute atomic E-state index is 0.0349. The molecule has 0 radical (unpaired) electrons. The van der Waals surface area contributed by atoms with Crippen LogP contribution in [-0.4, -0.2) is 53.6 Å². The largest absolute Gasteiger partial charge is 0.478 e. The topological polar surface area (TPSA) is 102 Å². The number of morpholine rings is 1. The smallest absolute Gasteiger partial charge is 0.421 e. The van der Waals surface area contributed by atoms with E-state index >= 15 is 0 Å². The number of halogens is 3. The fourth-order valence-corrected chi connectivity index (χ4v) is 3.27.